The molecule has 1 aliphatic heterocycles. The van der Waals surface area contributed by atoms with E-state index >= 15 is 0 Å². The minimum Gasteiger partial charge on any atom is -0.299 e. The van der Waals surface area contributed by atoms with Crippen LogP contribution >= 0.6 is 0 Å². The van der Waals surface area contributed by atoms with Crippen LogP contribution < -0.4 is 10.9 Å². The lowest BCUT2D eigenvalue weighted by molar-refractivity contribution is -0.124. The highest BCUT2D eigenvalue weighted by atomic mass is 19.1. The molecule has 2 N–H and O–H groups in total. The predicted octanol–water partition coefficient (Wildman–Crippen LogP) is 1.75. The molecule has 1 amide bonds. The maximum Gasteiger partial charge on any atom is 0.255 e. The Hall–Kier alpha value is -1.62. The van der Waals surface area contributed by atoms with Gasteiger partial charge in [0.15, 0.2) is 0 Å². The smallest absolute Gasteiger partial charge is 0.255 e. The Morgan fingerprint density at radius 1 is 1.44 bits per heavy atom. The maximum atomic E-state index is 12.7. The number of hydrazine groups is 1. The number of nitrogens with one attached hydrogen (secondary N) is 2. The first-order chi connectivity index (χ1) is 8.70. The number of hydrogen-bond donors (Lipinski definition) is 2. The molecule has 1 fully saturated rings. The van der Waals surface area contributed by atoms with Crippen molar-refractivity contribution >= 4 is 11.6 Å². The second-order valence-corrected chi connectivity index (χ2v) is 4.41. The first-order valence-electron chi connectivity index (χ1n) is 6.26. The van der Waals surface area contributed by atoms with Gasteiger partial charge in [-0.3, -0.25) is 20.5 Å². The zero-order valence-corrected chi connectivity index (χ0v) is 10.4. The Morgan fingerprint density at radius 3 is 2.83 bits per heavy atom. The fourth-order valence-electron chi connectivity index (χ4n) is 2.25. The third kappa shape index (κ3) is 2.98. The molecule has 18 heavy (non-hydrogen) atoms. The lowest BCUT2D eigenvalue weighted by Crippen LogP contribution is -2.45. The molecule has 0 saturated carbocycles. The van der Waals surface area contributed by atoms with Gasteiger partial charge in [0.2, 0.25) is 0 Å². The van der Waals surface area contributed by atoms with Crippen molar-refractivity contribution in [3.8, 4) is 0 Å². The molecule has 1 aromatic rings. The molecule has 1 atom stereocenters. The van der Waals surface area contributed by atoms with Gasteiger partial charge in [0, 0.05) is 0 Å². The predicted molar refractivity (Wildman–Crippen MR) is 68.4 cm³/mol. The van der Waals surface area contributed by atoms with Crippen LogP contribution in [-0.4, -0.2) is 29.9 Å². The van der Waals surface area contributed by atoms with Crippen LogP contribution in [0.5, 0.6) is 0 Å². The number of amides is 1. The number of anilines is 1. The average Bonchev–Trinajstić information content (AvgIpc) is 2.86. The summed E-state index contributed by atoms with van der Waals surface area (Å²) in [5.74, 6) is -0.321. The van der Waals surface area contributed by atoms with E-state index in [1.165, 1.54) is 12.1 Å². The molecule has 1 saturated heterocycles. The van der Waals surface area contributed by atoms with E-state index in [1.807, 2.05) is 0 Å². The summed E-state index contributed by atoms with van der Waals surface area (Å²) in [5, 5.41) is 0. The number of benzene rings is 1. The molecule has 0 aliphatic carbocycles. The van der Waals surface area contributed by atoms with Crippen molar-refractivity contribution in [2.24, 2.45) is 0 Å². The van der Waals surface area contributed by atoms with Gasteiger partial charge in [0.05, 0.1) is 11.7 Å². The van der Waals surface area contributed by atoms with Gasteiger partial charge in [-0.15, -0.1) is 0 Å². The van der Waals surface area contributed by atoms with Gasteiger partial charge < -0.3 is 0 Å². The summed E-state index contributed by atoms with van der Waals surface area (Å²) in [5.41, 5.74) is 6.14. The third-order valence-corrected chi connectivity index (χ3v) is 3.25. The summed E-state index contributed by atoms with van der Waals surface area (Å²) in [7, 11) is 0. The van der Waals surface area contributed by atoms with Crippen LogP contribution in [0.4, 0.5) is 10.1 Å². The molecule has 98 valence electrons. The molecule has 2 rings (SSSR count). The first-order valence-corrected chi connectivity index (χ1v) is 6.26. The van der Waals surface area contributed by atoms with Crippen molar-refractivity contribution in [3.05, 3.63) is 30.1 Å². The summed E-state index contributed by atoms with van der Waals surface area (Å²) < 4.78 is 12.7. The Balaban J connectivity index is 1.86. The van der Waals surface area contributed by atoms with Crippen LogP contribution in [-0.2, 0) is 4.79 Å². The van der Waals surface area contributed by atoms with Gasteiger partial charge in [-0.2, -0.15) is 0 Å². The monoisotopic (exact) mass is 251 g/mol. The second kappa shape index (κ2) is 5.82. The Bertz CT molecular complexity index is 407. The second-order valence-electron chi connectivity index (χ2n) is 4.41. The minimum absolute atomic E-state index is 0.0290. The van der Waals surface area contributed by atoms with Crippen LogP contribution in [0, 0.1) is 5.82 Å². The molecule has 1 unspecified atom stereocenters. The van der Waals surface area contributed by atoms with Crippen molar-refractivity contribution in [1.29, 1.82) is 0 Å². The number of carbonyl (C=O) groups excluding carboxylic acids is 1. The molecule has 4 nitrogen and oxygen atoms in total. The quantitative estimate of drug-likeness (QED) is 0.801. The average molecular weight is 251 g/mol. The van der Waals surface area contributed by atoms with E-state index in [2.05, 4.69) is 22.7 Å². The zero-order valence-electron chi connectivity index (χ0n) is 10.4. The first kappa shape index (κ1) is 12.8. The molecule has 0 spiro atoms. The number of rotatable bonds is 4. The van der Waals surface area contributed by atoms with E-state index in [0.717, 1.165) is 25.9 Å². The van der Waals surface area contributed by atoms with Gasteiger partial charge in [-0.05, 0) is 50.2 Å². The Kier molecular flexibility index (Phi) is 4.15. The van der Waals surface area contributed by atoms with E-state index in [9.17, 15) is 9.18 Å². The van der Waals surface area contributed by atoms with E-state index in [0.29, 0.717) is 5.69 Å². The van der Waals surface area contributed by atoms with Gasteiger partial charge >= 0.3 is 0 Å². The van der Waals surface area contributed by atoms with Crippen molar-refractivity contribution in [2.45, 2.75) is 25.8 Å². The number of likely N-dealkylation sites (tertiary alicyclic amines) is 1. The Labute approximate surface area is 106 Å². The molecule has 0 aromatic heterocycles. The van der Waals surface area contributed by atoms with E-state index < -0.39 is 0 Å². The number of nitrogens with zero attached hydrogens (tertiary/aromatic N) is 1. The number of carbonyl (C=O) groups is 1. The number of halogens is 1. The molecule has 1 aliphatic rings. The summed E-state index contributed by atoms with van der Waals surface area (Å²) in [4.78, 5) is 14.1. The van der Waals surface area contributed by atoms with Gasteiger partial charge in [-0.25, -0.2) is 4.39 Å². The zero-order chi connectivity index (χ0) is 13.0. The van der Waals surface area contributed by atoms with Crippen molar-refractivity contribution < 1.29 is 9.18 Å². The highest BCUT2D eigenvalue weighted by molar-refractivity contribution is 5.83. The molecule has 0 bridgehead atoms. The highest BCUT2D eigenvalue weighted by Crippen LogP contribution is 2.16. The maximum absolute atomic E-state index is 12.7. The van der Waals surface area contributed by atoms with Crippen LogP contribution in [0.15, 0.2) is 24.3 Å². The van der Waals surface area contributed by atoms with Crippen molar-refractivity contribution in [2.75, 3.05) is 18.5 Å². The normalized spacial score (nSPS) is 19.8. The molecule has 1 aromatic carbocycles. The third-order valence-electron chi connectivity index (χ3n) is 3.25. The van der Waals surface area contributed by atoms with Crippen molar-refractivity contribution in [1.82, 2.24) is 10.3 Å². The molecule has 1 heterocycles. The van der Waals surface area contributed by atoms with Crippen LogP contribution in [0.25, 0.3) is 0 Å². The molecule has 5 heteroatoms. The minimum atomic E-state index is -0.292. The topological polar surface area (TPSA) is 44.4 Å². The van der Waals surface area contributed by atoms with Gasteiger partial charge in [0.1, 0.15) is 5.82 Å². The fourth-order valence-corrected chi connectivity index (χ4v) is 2.25. The highest BCUT2D eigenvalue weighted by Gasteiger charge is 2.29. The van der Waals surface area contributed by atoms with Crippen LogP contribution in [0.1, 0.15) is 19.8 Å². The largest absolute Gasteiger partial charge is 0.299 e. The Morgan fingerprint density at radius 2 is 2.17 bits per heavy atom. The van der Waals surface area contributed by atoms with Crippen LogP contribution in [0.2, 0.25) is 0 Å². The van der Waals surface area contributed by atoms with Gasteiger partial charge in [0.25, 0.3) is 5.91 Å². The lowest BCUT2D eigenvalue weighted by Gasteiger charge is -2.22. The number of likely N-dealkylation sites (N-methyl/N-ethyl adjacent to an activating group) is 1. The van der Waals surface area contributed by atoms with Gasteiger partial charge in [-0.1, -0.05) is 6.92 Å². The summed E-state index contributed by atoms with van der Waals surface area (Å²) in [6, 6.07) is 5.82. The summed E-state index contributed by atoms with van der Waals surface area (Å²) >= 11 is 0. The standard InChI is InChI=1S/C13H18FN3O/c1-2-17-9-3-4-12(17)13(18)16-15-11-7-5-10(14)6-8-11/h5-8,12,15H,2-4,9H2,1H3,(H,16,18). The lowest BCUT2D eigenvalue weighted by atomic mass is 10.2. The fraction of sp³-hybridized carbons (Fsp3) is 0.462. The summed E-state index contributed by atoms with van der Waals surface area (Å²) in [6.07, 6.45) is 1.95. The van der Waals surface area contributed by atoms with E-state index in [4.69, 9.17) is 0 Å². The summed E-state index contributed by atoms with van der Waals surface area (Å²) in [6.45, 7) is 3.92. The van der Waals surface area contributed by atoms with Crippen molar-refractivity contribution in [3.63, 3.8) is 0 Å². The molecular formula is C13H18FN3O. The van der Waals surface area contributed by atoms with E-state index in [1.54, 1.807) is 12.1 Å². The number of hydrogen-bond acceptors (Lipinski definition) is 3. The van der Waals surface area contributed by atoms with Crippen LogP contribution in [0.3, 0.4) is 0 Å². The SMILES string of the molecule is CCN1CCCC1C(=O)NNc1ccc(F)cc1. The van der Waals surface area contributed by atoms with E-state index in [-0.39, 0.29) is 17.8 Å². The molecule has 0 radical (unpaired) electrons. The molecular weight excluding hydrogens is 233 g/mol.